The van der Waals surface area contributed by atoms with Gasteiger partial charge in [-0.2, -0.15) is 13.2 Å². The van der Waals surface area contributed by atoms with E-state index in [2.05, 4.69) is 5.14 Å². The molecule has 0 aromatic carbocycles. The van der Waals surface area contributed by atoms with E-state index in [1.807, 2.05) is 0 Å². The summed E-state index contributed by atoms with van der Waals surface area (Å²) in [5.41, 5.74) is -5.31. The van der Waals surface area contributed by atoms with Gasteiger partial charge >= 0.3 is 15.5 Å². The minimum absolute atomic E-state index is 0. The van der Waals surface area contributed by atoms with Crippen molar-refractivity contribution in [3.63, 3.8) is 0 Å². The Morgan fingerprint density at radius 1 is 1.22 bits per heavy atom. The van der Waals surface area contributed by atoms with E-state index in [1.165, 1.54) is 0 Å². The second-order valence-electron chi connectivity index (χ2n) is 0.991. The van der Waals surface area contributed by atoms with E-state index in [0.29, 0.717) is 0 Å². The fourth-order valence-corrected chi connectivity index (χ4v) is 0. The Morgan fingerprint density at radius 3 is 1.33 bits per heavy atom. The molecule has 0 radical (unpaired) electrons. The molecule has 2 N–H and O–H groups in total. The summed E-state index contributed by atoms with van der Waals surface area (Å²) in [5.74, 6) is 0. The van der Waals surface area contributed by atoms with Crippen LogP contribution in [0.4, 0.5) is 13.2 Å². The number of hydrogen-bond acceptors (Lipinski definition) is 2. The third kappa shape index (κ3) is 4.48. The van der Waals surface area contributed by atoms with Crippen LogP contribution in [0, 0.1) is 41.7 Å². The average Bonchev–Trinajstić information content (AvgIpc) is 1.25. The van der Waals surface area contributed by atoms with Gasteiger partial charge in [-0.25, -0.2) is 13.6 Å². The van der Waals surface area contributed by atoms with E-state index in [4.69, 9.17) is 0 Å². The standard InChI is InChI=1S/CH2F3NO2S.Ce/c2-1(3,4)8(5,6)7;/h(H2,5,6,7);. The zero-order chi connectivity index (χ0) is 7.00. The van der Waals surface area contributed by atoms with Crippen molar-refractivity contribution in [2.45, 2.75) is 5.51 Å². The van der Waals surface area contributed by atoms with E-state index in [-0.39, 0.29) is 41.7 Å². The van der Waals surface area contributed by atoms with Crippen LogP contribution in [0.15, 0.2) is 0 Å². The first-order valence-electron chi connectivity index (χ1n) is 1.34. The number of hydrogen-bond donors (Lipinski definition) is 1. The van der Waals surface area contributed by atoms with Crippen LogP contribution in [0.25, 0.3) is 0 Å². The maximum absolute atomic E-state index is 10.8. The monoisotopic (exact) mass is 289 g/mol. The smallest absolute Gasteiger partial charge is 0.221 e. The van der Waals surface area contributed by atoms with Gasteiger partial charge in [0.25, 0.3) is 0 Å². The van der Waals surface area contributed by atoms with Gasteiger partial charge in [-0.05, 0) is 0 Å². The van der Waals surface area contributed by atoms with Gasteiger partial charge in [-0.15, -0.1) is 0 Å². The Kier molecular flexibility index (Phi) is 4.90. The second-order valence-corrected chi connectivity index (χ2v) is 2.54. The summed E-state index contributed by atoms with van der Waals surface area (Å²) in [5, 5.41) is 3.66. The van der Waals surface area contributed by atoms with Gasteiger partial charge in [0.15, 0.2) is 0 Å². The molecular weight excluding hydrogens is 287 g/mol. The van der Waals surface area contributed by atoms with E-state index < -0.39 is 15.5 Å². The topological polar surface area (TPSA) is 60.2 Å². The normalized spacial score (nSPS) is 12.4. The molecule has 9 heavy (non-hydrogen) atoms. The molecule has 3 nitrogen and oxygen atoms in total. The van der Waals surface area contributed by atoms with E-state index >= 15 is 0 Å². The van der Waals surface area contributed by atoms with Gasteiger partial charge in [-0.3, -0.25) is 0 Å². The van der Waals surface area contributed by atoms with Crippen LogP contribution in [0.1, 0.15) is 0 Å². The van der Waals surface area contributed by atoms with Gasteiger partial charge in [0, 0.05) is 41.7 Å². The van der Waals surface area contributed by atoms with E-state index in [1.54, 1.807) is 0 Å². The van der Waals surface area contributed by atoms with Crippen LogP contribution in [-0.4, -0.2) is 13.9 Å². The number of alkyl halides is 3. The zero-order valence-electron chi connectivity index (χ0n) is 3.94. The number of primary sulfonamides is 1. The molecule has 0 aromatic rings. The van der Waals surface area contributed by atoms with Crippen LogP contribution in [-0.2, 0) is 10.0 Å². The van der Waals surface area contributed by atoms with Crippen molar-refractivity contribution in [1.29, 1.82) is 0 Å². The molecule has 0 atom stereocenters. The molecular formula is CH2CeF3NO2S. The number of sulfonamides is 1. The second kappa shape index (κ2) is 3.46. The van der Waals surface area contributed by atoms with Crippen molar-refractivity contribution in [3.8, 4) is 0 Å². The molecule has 0 saturated heterocycles. The summed E-state index contributed by atoms with van der Waals surface area (Å²) in [6.07, 6.45) is 0. The number of nitrogens with two attached hydrogens (primary N) is 1. The fraction of sp³-hybridized carbons (Fsp3) is 1.00. The van der Waals surface area contributed by atoms with Crippen molar-refractivity contribution < 1.29 is 63.3 Å². The Labute approximate surface area is 83.2 Å². The molecule has 0 saturated carbocycles. The van der Waals surface area contributed by atoms with Crippen molar-refractivity contribution >= 4 is 10.0 Å². The summed E-state index contributed by atoms with van der Waals surface area (Å²) >= 11 is 0. The molecule has 54 valence electrons. The van der Waals surface area contributed by atoms with Crippen LogP contribution in [0.5, 0.6) is 0 Å². The number of halogens is 3. The summed E-state index contributed by atoms with van der Waals surface area (Å²) in [6.45, 7) is 0. The first-order valence-corrected chi connectivity index (χ1v) is 2.89. The quantitative estimate of drug-likeness (QED) is 0.671. The Morgan fingerprint density at radius 2 is 1.33 bits per heavy atom. The van der Waals surface area contributed by atoms with Gasteiger partial charge in [0.05, 0.1) is 0 Å². The first kappa shape index (κ1) is 12.7. The molecule has 0 aliphatic heterocycles. The van der Waals surface area contributed by atoms with Crippen LogP contribution < -0.4 is 5.14 Å². The van der Waals surface area contributed by atoms with Crippen LogP contribution in [0.3, 0.4) is 0 Å². The maximum atomic E-state index is 10.8. The average molecular weight is 289 g/mol. The summed E-state index contributed by atoms with van der Waals surface area (Å²) in [7, 11) is -5.34. The van der Waals surface area contributed by atoms with Crippen molar-refractivity contribution in [2.24, 2.45) is 5.14 Å². The van der Waals surface area contributed by atoms with Crippen molar-refractivity contribution in [3.05, 3.63) is 0 Å². The molecule has 0 aromatic heterocycles. The Bertz CT molecular complexity index is 171. The first-order chi connectivity index (χ1) is 3.25. The van der Waals surface area contributed by atoms with Gasteiger partial charge in [-0.1, -0.05) is 0 Å². The van der Waals surface area contributed by atoms with Crippen LogP contribution in [0.2, 0.25) is 0 Å². The Balaban J connectivity index is 0. The summed E-state index contributed by atoms with van der Waals surface area (Å²) in [4.78, 5) is 0. The van der Waals surface area contributed by atoms with E-state index in [9.17, 15) is 21.6 Å². The number of rotatable bonds is 0. The molecule has 0 aliphatic rings. The van der Waals surface area contributed by atoms with Gasteiger partial charge in [0.2, 0.25) is 0 Å². The van der Waals surface area contributed by atoms with Gasteiger partial charge < -0.3 is 0 Å². The predicted octanol–water partition coefficient (Wildman–Crippen LogP) is -0.205. The zero-order valence-corrected chi connectivity index (χ0v) is 7.89. The van der Waals surface area contributed by atoms with Gasteiger partial charge in [0.1, 0.15) is 0 Å². The fourth-order valence-electron chi connectivity index (χ4n) is 0. The summed E-state index contributed by atoms with van der Waals surface area (Å²) in [6, 6.07) is 0. The van der Waals surface area contributed by atoms with E-state index in [0.717, 1.165) is 0 Å². The molecule has 0 rings (SSSR count). The third-order valence-electron chi connectivity index (χ3n) is 0.323. The molecule has 0 unspecified atom stereocenters. The minimum atomic E-state index is -5.34. The molecule has 0 amide bonds. The van der Waals surface area contributed by atoms with Crippen molar-refractivity contribution in [1.82, 2.24) is 0 Å². The third-order valence-corrected chi connectivity index (χ3v) is 0.968. The maximum Gasteiger partial charge on any atom is 0.511 e. The Hall–Kier alpha value is 1.08. The predicted molar refractivity (Wildman–Crippen MR) is 19.2 cm³/mol. The molecule has 0 spiro atoms. The molecule has 0 fully saturated rings. The molecule has 8 heteroatoms. The molecule has 0 bridgehead atoms. The minimum Gasteiger partial charge on any atom is -0.221 e. The summed E-state index contributed by atoms with van der Waals surface area (Å²) < 4.78 is 51.2. The SMILES string of the molecule is NS(=O)(=O)C(F)(F)F.[Ce]. The van der Waals surface area contributed by atoms with Crippen molar-refractivity contribution in [2.75, 3.05) is 0 Å². The largest absolute Gasteiger partial charge is 0.511 e. The van der Waals surface area contributed by atoms with Crippen LogP contribution >= 0.6 is 0 Å². The molecule has 0 aliphatic carbocycles. The molecule has 0 heterocycles.